The van der Waals surface area contributed by atoms with Crippen LogP contribution in [0.2, 0.25) is 0 Å². The molecule has 1 aromatic heterocycles. The van der Waals surface area contributed by atoms with Gasteiger partial charge in [-0.25, -0.2) is 0 Å². The molecule has 0 saturated carbocycles. The van der Waals surface area contributed by atoms with Crippen LogP contribution >= 0.6 is 0 Å². The molecule has 0 spiro atoms. The molecule has 2 aromatic carbocycles. The average Bonchev–Trinajstić information content (AvgIpc) is 2.95. The first kappa shape index (κ1) is 10.8. The van der Waals surface area contributed by atoms with Gasteiger partial charge < -0.3 is 4.42 Å². The van der Waals surface area contributed by atoms with Crippen LogP contribution in [0, 0.1) is 0 Å². The molecule has 0 unspecified atom stereocenters. The molecule has 88 valence electrons. The lowest BCUT2D eigenvalue weighted by Crippen LogP contribution is -2.01. The van der Waals surface area contributed by atoms with E-state index in [9.17, 15) is 0 Å². The van der Waals surface area contributed by atoms with Crippen molar-refractivity contribution in [1.82, 2.24) is 0 Å². The molecule has 3 rings (SSSR count). The molecule has 1 nitrogen and oxygen atoms in total. The molecule has 0 aliphatic heterocycles. The van der Waals surface area contributed by atoms with Crippen molar-refractivity contribution in [2.75, 3.05) is 0 Å². The van der Waals surface area contributed by atoms with Crippen LogP contribution in [0.25, 0.3) is 0 Å². The Morgan fingerprint density at radius 1 is 0.611 bits per heavy atom. The van der Waals surface area contributed by atoms with E-state index in [1.165, 1.54) is 16.7 Å². The van der Waals surface area contributed by atoms with Gasteiger partial charge in [-0.3, -0.25) is 0 Å². The quantitative estimate of drug-likeness (QED) is 0.652. The maximum atomic E-state index is 5.24. The van der Waals surface area contributed by atoms with Crippen molar-refractivity contribution < 1.29 is 4.42 Å². The molecular weight excluding hydrogens is 220 g/mol. The third-order valence-corrected chi connectivity index (χ3v) is 3.14. The van der Waals surface area contributed by atoms with E-state index in [2.05, 4.69) is 48.5 Å². The van der Waals surface area contributed by atoms with Crippen molar-refractivity contribution in [3.8, 4) is 0 Å². The molecule has 0 saturated heterocycles. The van der Waals surface area contributed by atoms with Gasteiger partial charge >= 0.3 is 0 Å². The lowest BCUT2D eigenvalue weighted by atomic mass is 9.87. The summed E-state index contributed by atoms with van der Waals surface area (Å²) in [5.41, 5.74) is 3.75. The van der Waals surface area contributed by atoms with Crippen LogP contribution in [0.1, 0.15) is 22.6 Å². The Labute approximate surface area is 107 Å². The second-order valence-electron chi connectivity index (χ2n) is 4.31. The molecule has 1 heteroatoms. The second kappa shape index (κ2) is 4.92. The zero-order valence-corrected chi connectivity index (χ0v) is 9.99. The van der Waals surface area contributed by atoms with E-state index in [1.807, 2.05) is 24.5 Å². The van der Waals surface area contributed by atoms with E-state index < -0.39 is 0 Å². The third kappa shape index (κ3) is 2.07. The highest BCUT2D eigenvalue weighted by Gasteiger charge is 2.16. The van der Waals surface area contributed by atoms with E-state index in [0.29, 0.717) is 0 Å². The van der Waals surface area contributed by atoms with Crippen LogP contribution in [0.4, 0.5) is 0 Å². The molecule has 0 bridgehead atoms. The van der Waals surface area contributed by atoms with Gasteiger partial charge in [-0.2, -0.15) is 0 Å². The minimum absolute atomic E-state index is 0.242. The number of hydrogen-bond acceptors (Lipinski definition) is 1. The van der Waals surface area contributed by atoms with Crippen molar-refractivity contribution in [3.05, 3.63) is 95.9 Å². The van der Waals surface area contributed by atoms with Gasteiger partial charge in [0.15, 0.2) is 0 Å². The van der Waals surface area contributed by atoms with Crippen molar-refractivity contribution in [3.63, 3.8) is 0 Å². The largest absolute Gasteiger partial charge is 0.472 e. The fourth-order valence-electron chi connectivity index (χ4n) is 2.31. The fourth-order valence-corrected chi connectivity index (χ4v) is 2.31. The highest BCUT2D eigenvalue weighted by Crippen LogP contribution is 2.31. The van der Waals surface area contributed by atoms with E-state index in [4.69, 9.17) is 4.42 Å². The first-order valence-corrected chi connectivity index (χ1v) is 6.07. The van der Waals surface area contributed by atoms with Crippen LogP contribution in [-0.2, 0) is 0 Å². The topological polar surface area (TPSA) is 13.1 Å². The summed E-state index contributed by atoms with van der Waals surface area (Å²) in [6, 6.07) is 23.0. The van der Waals surface area contributed by atoms with Gasteiger partial charge in [0, 0.05) is 11.5 Å². The van der Waals surface area contributed by atoms with Gasteiger partial charge in [0.05, 0.1) is 12.5 Å². The Kier molecular flexibility index (Phi) is 2.97. The summed E-state index contributed by atoms with van der Waals surface area (Å²) < 4.78 is 5.24. The number of benzene rings is 2. The molecular formula is C17H14O. The SMILES string of the molecule is c1ccc(C(c2ccccc2)c2ccoc2)cc1. The predicted molar refractivity (Wildman–Crippen MR) is 72.5 cm³/mol. The van der Waals surface area contributed by atoms with Crippen molar-refractivity contribution >= 4 is 0 Å². The van der Waals surface area contributed by atoms with Crippen molar-refractivity contribution in [2.45, 2.75) is 5.92 Å². The maximum Gasteiger partial charge on any atom is 0.0944 e. The Morgan fingerprint density at radius 3 is 1.61 bits per heavy atom. The van der Waals surface area contributed by atoms with Gasteiger partial charge in [-0.15, -0.1) is 0 Å². The van der Waals surface area contributed by atoms with E-state index in [-0.39, 0.29) is 5.92 Å². The first-order valence-electron chi connectivity index (χ1n) is 6.07. The van der Waals surface area contributed by atoms with E-state index in [0.717, 1.165) is 0 Å². The van der Waals surface area contributed by atoms with Gasteiger partial charge in [0.2, 0.25) is 0 Å². The number of hydrogen-bond donors (Lipinski definition) is 0. The third-order valence-electron chi connectivity index (χ3n) is 3.14. The van der Waals surface area contributed by atoms with Crippen molar-refractivity contribution in [2.24, 2.45) is 0 Å². The average molecular weight is 234 g/mol. The molecule has 0 fully saturated rings. The Morgan fingerprint density at radius 2 is 1.17 bits per heavy atom. The summed E-state index contributed by atoms with van der Waals surface area (Å²) >= 11 is 0. The van der Waals surface area contributed by atoms with Gasteiger partial charge in [0.1, 0.15) is 0 Å². The lowest BCUT2D eigenvalue weighted by molar-refractivity contribution is 0.563. The Bertz CT molecular complexity index is 543. The lowest BCUT2D eigenvalue weighted by Gasteiger charge is -2.16. The molecule has 3 aromatic rings. The minimum atomic E-state index is 0.242. The molecule has 0 N–H and O–H groups in total. The molecule has 0 atom stereocenters. The monoisotopic (exact) mass is 234 g/mol. The number of rotatable bonds is 3. The fraction of sp³-hybridized carbons (Fsp3) is 0.0588. The van der Waals surface area contributed by atoms with E-state index in [1.54, 1.807) is 6.26 Å². The molecule has 0 aliphatic rings. The smallest absolute Gasteiger partial charge is 0.0944 e. The standard InChI is InChI=1S/C17H14O/c1-3-7-14(8-4-1)17(16-11-12-18-13-16)15-9-5-2-6-10-15/h1-13,17H. The summed E-state index contributed by atoms with van der Waals surface area (Å²) in [5.74, 6) is 0.242. The van der Waals surface area contributed by atoms with Crippen LogP contribution in [0.15, 0.2) is 83.7 Å². The number of furan rings is 1. The maximum absolute atomic E-state index is 5.24. The highest BCUT2D eigenvalue weighted by molar-refractivity contribution is 5.41. The van der Waals surface area contributed by atoms with Crippen molar-refractivity contribution in [1.29, 1.82) is 0 Å². The normalized spacial score (nSPS) is 10.7. The van der Waals surface area contributed by atoms with Crippen LogP contribution in [0.5, 0.6) is 0 Å². The van der Waals surface area contributed by atoms with Crippen LogP contribution in [-0.4, -0.2) is 0 Å². The summed E-state index contributed by atoms with van der Waals surface area (Å²) in [6.45, 7) is 0. The van der Waals surface area contributed by atoms with E-state index >= 15 is 0 Å². The summed E-state index contributed by atoms with van der Waals surface area (Å²) in [6.07, 6.45) is 3.55. The molecule has 1 heterocycles. The van der Waals surface area contributed by atoms with Gasteiger partial charge in [0.25, 0.3) is 0 Å². The Hall–Kier alpha value is -2.28. The molecule has 0 radical (unpaired) electrons. The Balaban J connectivity index is 2.11. The first-order chi connectivity index (χ1) is 8.95. The summed E-state index contributed by atoms with van der Waals surface area (Å²) in [5, 5.41) is 0. The van der Waals surface area contributed by atoms with Gasteiger partial charge in [-0.05, 0) is 17.2 Å². The zero-order valence-electron chi connectivity index (χ0n) is 9.99. The van der Waals surface area contributed by atoms with Crippen LogP contribution in [0.3, 0.4) is 0 Å². The summed E-state index contributed by atoms with van der Waals surface area (Å²) in [4.78, 5) is 0. The van der Waals surface area contributed by atoms with Gasteiger partial charge in [-0.1, -0.05) is 60.7 Å². The predicted octanol–water partition coefficient (Wildman–Crippen LogP) is 4.46. The molecule has 18 heavy (non-hydrogen) atoms. The highest BCUT2D eigenvalue weighted by atomic mass is 16.3. The molecule has 0 aliphatic carbocycles. The molecule has 0 amide bonds. The zero-order chi connectivity index (χ0) is 12.2. The summed E-state index contributed by atoms with van der Waals surface area (Å²) in [7, 11) is 0. The van der Waals surface area contributed by atoms with Crippen LogP contribution < -0.4 is 0 Å². The second-order valence-corrected chi connectivity index (χ2v) is 4.31. The minimum Gasteiger partial charge on any atom is -0.472 e.